The second-order valence-electron chi connectivity index (χ2n) is 7.35. The first kappa shape index (κ1) is 21.4. The maximum atomic E-state index is 12.8. The number of fused-ring (bicyclic) bond motifs is 1. The molecule has 1 aromatic heterocycles. The molecule has 2 amide bonds. The van der Waals surface area contributed by atoms with Crippen molar-refractivity contribution >= 4 is 45.6 Å². The summed E-state index contributed by atoms with van der Waals surface area (Å²) < 4.78 is 5.30. The first-order valence-electron chi connectivity index (χ1n) is 10.3. The summed E-state index contributed by atoms with van der Waals surface area (Å²) in [5.41, 5.74) is 5.39. The van der Waals surface area contributed by atoms with Crippen molar-refractivity contribution in [2.45, 2.75) is 32.6 Å². The SMILES string of the molecule is CCOC(=O)c1c(-c2ccc3c(c2)CCCC3)csc1NC(=O)Nc1cccc(Cl)c1. The Bertz CT molecular complexity index is 1130. The van der Waals surface area contributed by atoms with Gasteiger partial charge in [-0.2, -0.15) is 0 Å². The van der Waals surface area contributed by atoms with Gasteiger partial charge < -0.3 is 10.1 Å². The maximum absolute atomic E-state index is 12.8. The number of esters is 1. The Kier molecular flexibility index (Phi) is 6.59. The number of hydrogen-bond donors (Lipinski definition) is 2. The highest BCUT2D eigenvalue weighted by molar-refractivity contribution is 7.15. The Labute approximate surface area is 190 Å². The standard InChI is InChI=1S/C24H23ClN2O3S/c1-2-30-23(28)21-20(17-11-10-15-6-3-4-7-16(15)12-17)14-31-22(21)27-24(29)26-19-9-5-8-18(25)13-19/h5,8-14H,2-4,6-7H2,1H3,(H2,26,27,29). The molecule has 0 spiro atoms. The summed E-state index contributed by atoms with van der Waals surface area (Å²) >= 11 is 7.29. The van der Waals surface area contributed by atoms with Gasteiger partial charge in [0.15, 0.2) is 0 Å². The number of nitrogens with one attached hydrogen (secondary N) is 2. The van der Waals surface area contributed by atoms with Crippen LogP contribution in [0.15, 0.2) is 47.8 Å². The highest BCUT2D eigenvalue weighted by Gasteiger charge is 2.23. The Morgan fingerprint density at radius 2 is 1.87 bits per heavy atom. The van der Waals surface area contributed by atoms with Gasteiger partial charge in [0.2, 0.25) is 0 Å². The van der Waals surface area contributed by atoms with Crippen LogP contribution < -0.4 is 10.6 Å². The number of amides is 2. The van der Waals surface area contributed by atoms with Crippen LogP contribution in [0.1, 0.15) is 41.3 Å². The molecule has 0 bridgehead atoms. The number of aryl methyl sites for hydroxylation is 2. The van der Waals surface area contributed by atoms with Gasteiger partial charge in [0.25, 0.3) is 0 Å². The van der Waals surface area contributed by atoms with Crippen LogP contribution in [0.4, 0.5) is 15.5 Å². The summed E-state index contributed by atoms with van der Waals surface area (Å²) in [5.74, 6) is -0.450. The Morgan fingerprint density at radius 3 is 2.65 bits per heavy atom. The molecule has 2 aromatic carbocycles. The number of thiophene rings is 1. The van der Waals surface area contributed by atoms with Crippen molar-refractivity contribution in [3.63, 3.8) is 0 Å². The fraction of sp³-hybridized carbons (Fsp3) is 0.250. The van der Waals surface area contributed by atoms with Crippen molar-refractivity contribution < 1.29 is 14.3 Å². The average Bonchev–Trinajstić information content (AvgIpc) is 3.17. The normalized spacial score (nSPS) is 12.7. The molecule has 0 unspecified atom stereocenters. The van der Waals surface area contributed by atoms with E-state index in [1.165, 1.54) is 35.3 Å². The number of hydrogen-bond acceptors (Lipinski definition) is 4. The number of anilines is 2. The quantitative estimate of drug-likeness (QED) is 0.418. The minimum atomic E-state index is -0.452. The number of carbonyl (C=O) groups excluding carboxylic acids is 2. The Hall–Kier alpha value is -2.83. The van der Waals surface area contributed by atoms with Gasteiger partial charge in [-0.3, -0.25) is 5.32 Å². The van der Waals surface area contributed by atoms with E-state index in [1.54, 1.807) is 31.2 Å². The molecule has 0 radical (unpaired) electrons. The molecule has 0 atom stereocenters. The second kappa shape index (κ2) is 9.54. The van der Waals surface area contributed by atoms with Crippen LogP contribution in [0.2, 0.25) is 5.02 Å². The van der Waals surface area contributed by atoms with E-state index in [0.717, 1.165) is 24.0 Å². The molecular formula is C24H23ClN2O3S. The summed E-state index contributed by atoms with van der Waals surface area (Å²) in [7, 11) is 0. The van der Waals surface area contributed by atoms with Gasteiger partial charge in [0, 0.05) is 21.7 Å². The van der Waals surface area contributed by atoms with Crippen LogP contribution in [-0.4, -0.2) is 18.6 Å². The molecule has 1 heterocycles. The Balaban J connectivity index is 1.63. The van der Waals surface area contributed by atoms with E-state index in [1.807, 2.05) is 11.4 Å². The fourth-order valence-electron chi connectivity index (χ4n) is 3.80. The number of benzene rings is 2. The molecule has 7 heteroatoms. The van der Waals surface area contributed by atoms with E-state index in [9.17, 15) is 9.59 Å². The number of halogens is 1. The summed E-state index contributed by atoms with van der Waals surface area (Å²) in [5, 5.41) is 8.40. The summed E-state index contributed by atoms with van der Waals surface area (Å²) in [6.45, 7) is 2.02. The van der Waals surface area contributed by atoms with Crippen molar-refractivity contribution in [2.24, 2.45) is 0 Å². The molecule has 5 nitrogen and oxygen atoms in total. The fourth-order valence-corrected chi connectivity index (χ4v) is 4.94. The molecule has 31 heavy (non-hydrogen) atoms. The van der Waals surface area contributed by atoms with Crippen LogP contribution in [-0.2, 0) is 17.6 Å². The lowest BCUT2D eigenvalue weighted by molar-refractivity contribution is 0.0529. The van der Waals surface area contributed by atoms with Crippen LogP contribution in [0.25, 0.3) is 11.1 Å². The first-order chi connectivity index (χ1) is 15.0. The Morgan fingerprint density at radius 1 is 1.06 bits per heavy atom. The molecule has 160 valence electrons. The predicted molar refractivity (Wildman–Crippen MR) is 126 cm³/mol. The minimum absolute atomic E-state index is 0.256. The zero-order valence-electron chi connectivity index (χ0n) is 17.2. The van der Waals surface area contributed by atoms with Gasteiger partial charge in [-0.15, -0.1) is 11.3 Å². The number of carbonyl (C=O) groups is 2. The largest absolute Gasteiger partial charge is 0.462 e. The summed E-state index contributed by atoms with van der Waals surface area (Å²) in [6, 6.07) is 12.8. The first-order valence-corrected chi connectivity index (χ1v) is 11.5. The maximum Gasteiger partial charge on any atom is 0.341 e. The van der Waals surface area contributed by atoms with Crippen molar-refractivity contribution in [3.05, 3.63) is 69.6 Å². The zero-order chi connectivity index (χ0) is 21.8. The molecule has 0 saturated heterocycles. The van der Waals surface area contributed by atoms with Gasteiger partial charge in [0.1, 0.15) is 10.6 Å². The summed E-state index contributed by atoms with van der Waals surface area (Å²) in [6.07, 6.45) is 4.55. The molecule has 2 N–H and O–H groups in total. The predicted octanol–water partition coefficient (Wildman–Crippen LogP) is 6.77. The van der Waals surface area contributed by atoms with E-state index in [0.29, 0.717) is 21.3 Å². The van der Waals surface area contributed by atoms with Crippen molar-refractivity contribution in [2.75, 3.05) is 17.2 Å². The van der Waals surface area contributed by atoms with Gasteiger partial charge in [-0.1, -0.05) is 35.9 Å². The smallest absolute Gasteiger partial charge is 0.341 e. The monoisotopic (exact) mass is 454 g/mol. The molecule has 1 aliphatic carbocycles. The van der Waals surface area contributed by atoms with Crippen molar-refractivity contribution in [1.29, 1.82) is 0 Å². The lowest BCUT2D eigenvalue weighted by Crippen LogP contribution is -2.20. The van der Waals surface area contributed by atoms with E-state index < -0.39 is 12.0 Å². The molecule has 3 aromatic rings. The molecular weight excluding hydrogens is 432 g/mol. The number of ether oxygens (including phenoxy) is 1. The molecule has 0 aliphatic heterocycles. The van der Waals surface area contributed by atoms with Crippen LogP contribution in [0, 0.1) is 0 Å². The van der Waals surface area contributed by atoms with E-state index in [2.05, 4.69) is 22.8 Å². The molecule has 1 aliphatic rings. The third-order valence-corrected chi connectivity index (χ3v) is 6.37. The van der Waals surface area contributed by atoms with E-state index in [-0.39, 0.29) is 6.61 Å². The zero-order valence-corrected chi connectivity index (χ0v) is 18.7. The van der Waals surface area contributed by atoms with Gasteiger partial charge in [-0.05, 0) is 67.5 Å². The third kappa shape index (κ3) is 4.92. The van der Waals surface area contributed by atoms with E-state index in [4.69, 9.17) is 16.3 Å². The highest BCUT2D eigenvalue weighted by Crippen LogP contribution is 2.38. The summed E-state index contributed by atoms with van der Waals surface area (Å²) in [4.78, 5) is 25.3. The molecule has 0 saturated carbocycles. The van der Waals surface area contributed by atoms with Crippen molar-refractivity contribution in [3.8, 4) is 11.1 Å². The highest BCUT2D eigenvalue weighted by atomic mass is 35.5. The van der Waals surface area contributed by atoms with Crippen LogP contribution in [0.3, 0.4) is 0 Å². The van der Waals surface area contributed by atoms with Crippen LogP contribution in [0.5, 0.6) is 0 Å². The van der Waals surface area contributed by atoms with Gasteiger partial charge in [0.05, 0.1) is 6.61 Å². The topological polar surface area (TPSA) is 67.4 Å². The second-order valence-corrected chi connectivity index (χ2v) is 8.67. The molecule has 4 rings (SSSR count). The van der Waals surface area contributed by atoms with Gasteiger partial charge >= 0.3 is 12.0 Å². The van der Waals surface area contributed by atoms with E-state index >= 15 is 0 Å². The number of rotatable bonds is 5. The van der Waals surface area contributed by atoms with Crippen LogP contribution >= 0.6 is 22.9 Å². The average molecular weight is 455 g/mol. The lowest BCUT2D eigenvalue weighted by atomic mass is 9.89. The van der Waals surface area contributed by atoms with Gasteiger partial charge in [-0.25, -0.2) is 9.59 Å². The minimum Gasteiger partial charge on any atom is -0.462 e. The molecule has 0 fully saturated rings. The third-order valence-electron chi connectivity index (χ3n) is 5.24. The lowest BCUT2D eigenvalue weighted by Gasteiger charge is -2.17. The number of urea groups is 1. The van der Waals surface area contributed by atoms with Crippen molar-refractivity contribution in [1.82, 2.24) is 0 Å².